The summed E-state index contributed by atoms with van der Waals surface area (Å²) in [6.45, 7) is 3.69. The molecule has 0 aliphatic rings. The van der Waals surface area contributed by atoms with Crippen LogP contribution in [-0.4, -0.2) is 15.3 Å². The molecule has 0 saturated carbocycles. The zero-order valence-electron chi connectivity index (χ0n) is 17.0. The molecule has 0 atom stereocenters. The molecule has 2 aromatic carbocycles. The number of carbonyl (C=O) groups is 1. The van der Waals surface area contributed by atoms with Gasteiger partial charge in [-0.1, -0.05) is 60.7 Å². The van der Waals surface area contributed by atoms with Crippen molar-refractivity contribution in [2.75, 3.05) is 5.32 Å². The SMILES string of the molecule is Cc1ccn2c(=O)c(NC(=O)CC(c3ccccc3)c3ccccc3)c(C)nc2c1. The summed E-state index contributed by atoms with van der Waals surface area (Å²) in [4.78, 5) is 30.4. The van der Waals surface area contributed by atoms with Crippen LogP contribution in [0.3, 0.4) is 0 Å². The lowest BCUT2D eigenvalue weighted by molar-refractivity contribution is -0.116. The molecule has 0 radical (unpaired) electrons. The first-order chi connectivity index (χ1) is 14.5. The second-order valence-corrected chi connectivity index (χ2v) is 7.44. The summed E-state index contributed by atoms with van der Waals surface area (Å²) in [6.07, 6.45) is 1.91. The molecule has 0 spiro atoms. The smallest absolute Gasteiger partial charge is 0.281 e. The zero-order chi connectivity index (χ0) is 21.1. The number of hydrogen-bond acceptors (Lipinski definition) is 3. The van der Waals surface area contributed by atoms with Crippen molar-refractivity contribution in [3.8, 4) is 0 Å². The molecule has 1 N–H and O–H groups in total. The van der Waals surface area contributed by atoms with Crippen LogP contribution < -0.4 is 10.9 Å². The van der Waals surface area contributed by atoms with E-state index in [1.165, 1.54) is 4.40 Å². The number of fused-ring (bicyclic) bond motifs is 1. The summed E-state index contributed by atoms with van der Waals surface area (Å²) >= 11 is 0. The average Bonchev–Trinajstić information content (AvgIpc) is 2.76. The zero-order valence-corrected chi connectivity index (χ0v) is 17.0. The molecular formula is C25H23N3O2. The topological polar surface area (TPSA) is 63.5 Å². The van der Waals surface area contributed by atoms with E-state index in [0.29, 0.717) is 11.3 Å². The molecule has 4 rings (SSSR count). The monoisotopic (exact) mass is 397 g/mol. The molecule has 30 heavy (non-hydrogen) atoms. The fourth-order valence-electron chi connectivity index (χ4n) is 3.67. The van der Waals surface area contributed by atoms with Crippen LogP contribution in [0, 0.1) is 13.8 Å². The number of pyridine rings is 1. The highest BCUT2D eigenvalue weighted by atomic mass is 16.2. The maximum absolute atomic E-state index is 13.0. The Morgan fingerprint density at radius 2 is 1.57 bits per heavy atom. The number of carbonyl (C=O) groups excluding carboxylic acids is 1. The largest absolute Gasteiger partial charge is 0.320 e. The Bertz CT molecular complexity index is 1210. The predicted molar refractivity (Wildman–Crippen MR) is 119 cm³/mol. The van der Waals surface area contributed by atoms with E-state index in [4.69, 9.17) is 0 Å². The highest BCUT2D eigenvalue weighted by Gasteiger charge is 2.20. The number of aryl methyl sites for hydroxylation is 2. The van der Waals surface area contributed by atoms with Gasteiger partial charge in [0, 0.05) is 18.5 Å². The summed E-state index contributed by atoms with van der Waals surface area (Å²) in [5.41, 5.74) is 4.16. The van der Waals surface area contributed by atoms with Crippen molar-refractivity contribution in [3.63, 3.8) is 0 Å². The van der Waals surface area contributed by atoms with E-state index in [-0.39, 0.29) is 29.5 Å². The van der Waals surface area contributed by atoms with Gasteiger partial charge in [0.25, 0.3) is 5.56 Å². The second-order valence-electron chi connectivity index (χ2n) is 7.44. The number of aromatic nitrogens is 2. The lowest BCUT2D eigenvalue weighted by Gasteiger charge is -2.18. The molecule has 2 aromatic heterocycles. The highest BCUT2D eigenvalue weighted by Crippen LogP contribution is 2.28. The van der Waals surface area contributed by atoms with Gasteiger partial charge in [0.1, 0.15) is 11.3 Å². The number of rotatable bonds is 5. The molecule has 5 heteroatoms. The van der Waals surface area contributed by atoms with E-state index in [1.807, 2.05) is 79.7 Å². The number of nitrogens with one attached hydrogen (secondary N) is 1. The summed E-state index contributed by atoms with van der Waals surface area (Å²) < 4.78 is 1.46. The number of amides is 1. The maximum Gasteiger partial charge on any atom is 0.281 e. The Kier molecular flexibility index (Phi) is 5.44. The van der Waals surface area contributed by atoms with E-state index in [0.717, 1.165) is 16.7 Å². The molecule has 0 saturated heterocycles. The molecule has 5 nitrogen and oxygen atoms in total. The Hall–Kier alpha value is -3.73. The minimum absolute atomic E-state index is 0.105. The van der Waals surface area contributed by atoms with Gasteiger partial charge < -0.3 is 5.32 Å². The molecule has 0 bridgehead atoms. The maximum atomic E-state index is 13.0. The molecular weight excluding hydrogens is 374 g/mol. The van der Waals surface area contributed by atoms with Gasteiger partial charge in [0.2, 0.25) is 5.91 Å². The number of benzene rings is 2. The van der Waals surface area contributed by atoms with Crippen LogP contribution in [0.5, 0.6) is 0 Å². The quantitative estimate of drug-likeness (QED) is 0.540. The van der Waals surface area contributed by atoms with Crippen molar-refractivity contribution in [1.82, 2.24) is 9.38 Å². The Morgan fingerprint density at radius 3 is 2.17 bits per heavy atom. The lowest BCUT2D eigenvalue weighted by Crippen LogP contribution is -2.26. The third kappa shape index (κ3) is 4.01. The Morgan fingerprint density at radius 1 is 0.967 bits per heavy atom. The fraction of sp³-hybridized carbons (Fsp3) is 0.160. The van der Waals surface area contributed by atoms with Crippen LogP contribution in [0.25, 0.3) is 5.65 Å². The number of anilines is 1. The van der Waals surface area contributed by atoms with Crippen molar-refractivity contribution in [1.29, 1.82) is 0 Å². The third-order valence-corrected chi connectivity index (χ3v) is 5.22. The van der Waals surface area contributed by atoms with E-state index in [1.54, 1.807) is 13.1 Å². The molecule has 0 aliphatic heterocycles. The Balaban J connectivity index is 1.65. The first kappa shape index (κ1) is 19.6. The van der Waals surface area contributed by atoms with Gasteiger partial charge in [-0.2, -0.15) is 0 Å². The molecule has 0 aliphatic carbocycles. The van der Waals surface area contributed by atoms with E-state index in [2.05, 4.69) is 10.3 Å². The molecule has 2 heterocycles. The van der Waals surface area contributed by atoms with Gasteiger partial charge in [0.05, 0.1) is 5.69 Å². The second kappa shape index (κ2) is 8.33. The number of hydrogen-bond donors (Lipinski definition) is 1. The van der Waals surface area contributed by atoms with Gasteiger partial charge in [-0.15, -0.1) is 0 Å². The summed E-state index contributed by atoms with van der Waals surface area (Å²) in [6, 6.07) is 23.6. The predicted octanol–water partition coefficient (Wildman–Crippen LogP) is 4.47. The molecule has 1 amide bonds. The third-order valence-electron chi connectivity index (χ3n) is 5.22. The molecule has 4 aromatic rings. The van der Waals surface area contributed by atoms with Gasteiger partial charge >= 0.3 is 0 Å². The van der Waals surface area contributed by atoms with Crippen LogP contribution >= 0.6 is 0 Å². The van der Waals surface area contributed by atoms with Gasteiger partial charge in [-0.25, -0.2) is 4.98 Å². The first-order valence-corrected chi connectivity index (χ1v) is 9.92. The molecule has 0 fully saturated rings. The molecule has 0 unspecified atom stereocenters. The van der Waals surface area contributed by atoms with Crippen LogP contribution in [0.2, 0.25) is 0 Å². The summed E-state index contributed by atoms with van der Waals surface area (Å²) in [5, 5.41) is 2.82. The summed E-state index contributed by atoms with van der Waals surface area (Å²) in [5.74, 6) is -0.326. The minimum Gasteiger partial charge on any atom is -0.320 e. The van der Waals surface area contributed by atoms with Crippen LogP contribution in [0.1, 0.15) is 34.7 Å². The van der Waals surface area contributed by atoms with Crippen molar-refractivity contribution < 1.29 is 4.79 Å². The standard InChI is InChI=1S/C25H23N3O2/c1-17-13-14-28-22(15-17)26-18(2)24(25(28)30)27-23(29)16-21(19-9-5-3-6-10-19)20-11-7-4-8-12-20/h3-15,21H,16H2,1-2H3,(H,27,29). The van der Waals surface area contributed by atoms with E-state index in [9.17, 15) is 9.59 Å². The number of nitrogens with zero attached hydrogens (tertiary/aromatic N) is 2. The lowest BCUT2D eigenvalue weighted by atomic mass is 9.88. The van der Waals surface area contributed by atoms with Crippen molar-refractivity contribution in [2.24, 2.45) is 0 Å². The van der Waals surface area contributed by atoms with Crippen molar-refractivity contribution in [3.05, 3.63) is 112 Å². The van der Waals surface area contributed by atoms with E-state index < -0.39 is 0 Å². The fourth-order valence-corrected chi connectivity index (χ4v) is 3.67. The van der Waals surface area contributed by atoms with Gasteiger partial charge in [0.15, 0.2) is 0 Å². The van der Waals surface area contributed by atoms with Crippen LogP contribution in [-0.2, 0) is 4.79 Å². The molecule has 150 valence electrons. The van der Waals surface area contributed by atoms with Crippen molar-refractivity contribution >= 4 is 17.2 Å². The van der Waals surface area contributed by atoms with Gasteiger partial charge in [-0.05, 0) is 42.7 Å². The highest BCUT2D eigenvalue weighted by molar-refractivity contribution is 5.92. The normalized spacial score (nSPS) is 11.0. The van der Waals surface area contributed by atoms with E-state index >= 15 is 0 Å². The Labute approximate surface area is 175 Å². The summed E-state index contributed by atoms with van der Waals surface area (Å²) in [7, 11) is 0. The van der Waals surface area contributed by atoms with Gasteiger partial charge in [-0.3, -0.25) is 14.0 Å². The van der Waals surface area contributed by atoms with Crippen molar-refractivity contribution in [2.45, 2.75) is 26.2 Å². The van der Waals surface area contributed by atoms with Crippen LogP contribution in [0.15, 0.2) is 83.8 Å². The first-order valence-electron chi connectivity index (χ1n) is 9.92. The van der Waals surface area contributed by atoms with Crippen LogP contribution in [0.4, 0.5) is 5.69 Å². The average molecular weight is 397 g/mol. The minimum atomic E-state index is -0.276.